The number of thiazole rings is 1. The summed E-state index contributed by atoms with van der Waals surface area (Å²) in [6, 6.07) is 4.84. The average Bonchev–Trinajstić information content (AvgIpc) is 3.36. The largest absolute Gasteiger partial charge is 0.479 e. The van der Waals surface area contributed by atoms with Gasteiger partial charge in [0.1, 0.15) is 6.04 Å². The number of carboxylic acids is 1. The number of nitrogens with one attached hydrogen (secondary N) is 2. The Kier molecular flexibility index (Phi) is 7.06. The molecule has 2 amide bonds. The topological polar surface area (TPSA) is 155 Å². The predicted molar refractivity (Wildman–Crippen MR) is 133 cm³/mol. The molecule has 4 heterocycles. The van der Waals surface area contributed by atoms with Gasteiger partial charge >= 0.3 is 5.97 Å². The molecule has 1 saturated heterocycles. The number of carbonyl (C=O) groups is 3. The Labute approximate surface area is 215 Å². The summed E-state index contributed by atoms with van der Waals surface area (Å²) in [5.74, 6) is -0.962. The summed E-state index contributed by atoms with van der Waals surface area (Å²) in [5, 5.41) is 16.2. The summed E-state index contributed by atoms with van der Waals surface area (Å²) in [6.07, 6.45) is 2.20. The third kappa shape index (κ3) is 5.73. The van der Waals surface area contributed by atoms with Crippen LogP contribution in [0.1, 0.15) is 19.0 Å². The molecule has 1 aromatic carbocycles. The number of carbonyl (C=O) groups excluding carboxylic acids is 2. The highest BCUT2D eigenvalue weighted by Crippen LogP contribution is 2.36. The van der Waals surface area contributed by atoms with Crippen molar-refractivity contribution in [3.05, 3.63) is 46.7 Å². The fraction of sp³-hybridized carbons (Fsp3) is 0.375. The molecule has 2 aromatic rings. The lowest BCUT2D eigenvalue weighted by Gasteiger charge is -2.26. The molecule has 0 aliphatic carbocycles. The van der Waals surface area contributed by atoms with Crippen LogP contribution in [0.4, 0.5) is 5.69 Å². The number of rotatable bonds is 9. The molecule has 1 fully saturated rings. The van der Waals surface area contributed by atoms with E-state index >= 15 is 0 Å². The van der Waals surface area contributed by atoms with Gasteiger partial charge in [0.15, 0.2) is 23.7 Å². The zero-order chi connectivity index (χ0) is 25.9. The molecule has 4 unspecified atom stereocenters. The van der Waals surface area contributed by atoms with Crippen molar-refractivity contribution in [2.75, 3.05) is 18.2 Å². The summed E-state index contributed by atoms with van der Waals surface area (Å²) in [7, 11) is 0. The molecular weight excluding hydrogens is 502 g/mol. The molecule has 5 rings (SSSR count). The number of amides is 2. The third-order valence-electron chi connectivity index (χ3n) is 6.09. The summed E-state index contributed by atoms with van der Waals surface area (Å²) in [6.45, 7) is 2.37. The van der Waals surface area contributed by atoms with Crippen molar-refractivity contribution in [3.63, 3.8) is 0 Å². The van der Waals surface area contributed by atoms with Gasteiger partial charge in [0.2, 0.25) is 12.7 Å². The molecule has 1 aromatic heterocycles. The minimum atomic E-state index is -1.22. The van der Waals surface area contributed by atoms with Crippen LogP contribution >= 0.6 is 11.3 Å². The lowest BCUT2D eigenvalue weighted by atomic mass is 10.1. The lowest BCUT2D eigenvalue weighted by Crippen LogP contribution is -2.50. The number of aliphatic carboxylic acids is 1. The molecular formula is C24H25N5O7S. The summed E-state index contributed by atoms with van der Waals surface area (Å²) in [5.41, 5.74) is 3.78. The van der Waals surface area contributed by atoms with Crippen LogP contribution in [0.15, 0.2) is 46.0 Å². The Morgan fingerprint density at radius 2 is 2.08 bits per heavy atom. The lowest BCUT2D eigenvalue weighted by molar-refractivity contribution is -0.138. The highest BCUT2D eigenvalue weighted by Gasteiger charge is 2.51. The molecule has 0 radical (unpaired) electrons. The number of aliphatic imine (C=N–C) groups is 1. The molecule has 3 aliphatic rings. The van der Waals surface area contributed by atoms with Crippen molar-refractivity contribution in [2.24, 2.45) is 4.99 Å². The first-order valence-corrected chi connectivity index (χ1v) is 12.6. The molecule has 13 heteroatoms. The van der Waals surface area contributed by atoms with Crippen LogP contribution in [-0.4, -0.2) is 71.7 Å². The number of nitrogens with zero attached hydrogens (tertiary/aromatic N) is 3. The number of hydrogen-bond donors (Lipinski definition) is 3. The van der Waals surface area contributed by atoms with Gasteiger partial charge in [-0.1, -0.05) is 0 Å². The predicted octanol–water partition coefficient (Wildman–Crippen LogP) is 1.08. The van der Waals surface area contributed by atoms with Gasteiger partial charge < -0.3 is 34.9 Å². The van der Waals surface area contributed by atoms with E-state index in [9.17, 15) is 14.4 Å². The van der Waals surface area contributed by atoms with E-state index in [0.717, 1.165) is 5.69 Å². The zero-order valence-corrected chi connectivity index (χ0v) is 20.6. The maximum atomic E-state index is 13.1. The van der Waals surface area contributed by atoms with Gasteiger partial charge in [0.25, 0.3) is 5.91 Å². The number of benzene rings is 1. The Morgan fingerprint density at radius 1 is 1.24 bits per heavy atom. The molecule has 194 valence electrons. The molecule has 0 spiro atoms. The molecule has 3 N–H and O–H groups in total. The Morgan fingerprint density at radius 3 is 2.84 bits per heavy atom. The number of ether oxygens (including phenoxy) is 3. The maximum Gasteiger partial charge on any atom is 0.336 e. The summed E-state index contributed by atoms with van der Waals surface area (Å²) < 4.78 is 15.8. The van der Waals surface area contributed by atoms with Crippen LogP contribution in [0.3, 0.4) is 0 Å². The normalized spacial score (nSPS) is 22.6. The molecule has 0 bridgehead atoms. The Balaban J connectivity index is 1.27. The fourth-order valence-electron chi connectivity index (χ4n) is 4.03. The van der Waals surface area contributed by atoms with Crippen molar-refractivity contribution in [2.45, 2.75) is 44.1 Å². The highest BCUT2D eigenvalue weighted by molar-refractivity contribution is 7.07. The van der Waals surface area contributed by atoms with Gasteiger partial charge in [-0.25, -0.2) is 9.78 Å². The first-order valence-electron chi connectivity index (χ1n) is 11.6. The van der Waals surface area contributed by atoms with Crippen molar-refractivity contribution >= 4 is 41.0 Å². The molecule has 3 aliphatic heterocycles. The minimum absolute atomic E-state index is 0.106. The smallest absolute Gasteiger partial charge is 0.336 e. The zero-order valence-electron chi connectivity index (χ0n) is 19.8. The van der Waals surface area contributed by atoms with Gasteiger partial charge in [-0.2, -0.15) is 0 Å². The molecule has 12 nitrogen and oxygen atoms in total. The molecule has 0 saturated carbocycles. The first kappa shape index (κ1) is 24.7. The van der Waals surface area contributed by atoms with E-state index in [0.29, 0.717) is 29.3 Å². The number of epoxide rings is 1. The Bertz CT molecular complexity index is 1250. The number of fused-ring (bicyclic) bond motifs is 1. The Hall–Kier alpha value is -3.97. The van der Waals surface area contributed by atoms with Crippen molar-refractivity contribution < 1.29 is 33.7 Å². The SMILES string of the molecule is CC1CC=NC(CNC(=O)C(Cc2cscn2)NC(=O)C2OC2C(=O)O)=CN1c1ccc2c(c1)OCO2. The van der Waals surface area contributed by atoms with Crippen LogP contribution in [0.25, 0.3) is 0 Å². The van der Waals surface area contributed by atoms with Crippen LogP contribution in [0.5, 0.6) is 11.5 Å². The second kappa shape index (κ2) is 10.6. The quantitative estimate of drug-likeness (QED) is 0.406. The van der Waals surface area contributed by atoms with Gasteiger partial charge in [-0.3, -0.25) is 14.6 Å². The average molecular weight is 528 g/mol. The molecule has 37 heavy (non-hydrogen) atoms. The third-order valence-corrected chi connectivity index (χ3v) is 6.72. The van der Waals surface area contributed by atoms with Gasteiger partial charge in [0, 0.05) is 48.4 Å². The van der Waals surface area contributed by atoms with Crippen molar-refractivity contribution in [3.8, 4) is 11.5 Å². The van der Waals surface area contributed by atoms with Crippen LogP contribution in [-0.2, 0) is 25.5 Å². The highest BCUT2D eigenvalue weighted by atomic mass is 32.1. The van der Waals surface area contributed by atoms with E-state index in [1.165, 1.54) is 11.3 Å². The molecule has 4 atom stereocenters. The maximum absolute atomic E-state index is 13.1. The minimum Gasteiger partial charge on any atom is -0.479 e. The van der Waals surface area contributed by atoms with Gasteiger partial charge in [-0.15, -0.1) is 11.3 Å². The summed E-state index contributed by atoms with van der Waals surface area (Å²) in [4.78, 5) is 47.4. The number of hydrogen-bond acceptors (Lipinski definition) is 10. The van der Waals surface area contributed by atoms with Crippen LogP contribution in [0.2, 0.25) is 0 Å². The second-order valence-corrected chi connectivity index (χ2v) is 9.46. The van der Waals surface area contributed by atoms with Gasteiger partial charge in [-0.05, 0) is 19.1 Å². The van der Waals surface area contributed by atoms with E-state index in [-0.39, 0.29) is 25.8 Å². The number of aromatic nitrogens is 1. The van der Waals surface area contributed by atoms with Crippen molar-refractivity contribution in [1.29, 1.82) is 0 Å². The van der Waals surface area contributed by atoms with Crippen LogP contribution < -0.4 is 25.0 Å². The summed E-state index contributed by atoms with van der Waals surface area (Å²) >= 11 is 1.37. The van der Waals surface area contributed by atoms with E-state index in [2.05, 4.69) is 32.4 Å². The van der Waals surface area contributed by atoms with Gasteiger partial charge in [0.05, 0.1) is 23.4 Å². The monoisotopic (exact) mass is 527 g/mol. The first-order chi connectivity index (χ1) is 17.9. The standard InChI is InChI=1S/C24H25N5O7S/c1-13-4-5-25-15(9-29(13)16-2-3-18-19(7-16)35-12-34-18)8-26-22(30)17(6-14-10-37-11-27-14)28-23(31)20-21(36-20)24(32)33/h2-3,5,7,9-11,13,17,20-21H,4,6,8,12H2,1H3,(H,26,30)(H,28,31)(H,32,33). The van der Waals surface area contributed by atoms with E-state index in [1.807, 2.05) is 24.4 Å². The van der Waals surface area contributed by atoms with E-state index in [4.69, 9.17) is 19.3 Å². The number of carboxylic acid groups (broad SMARTS) is 1. The second-order valence-electron chi connectivity index (χ2n) is 8.74. The van der Waals surface area contributed by atoms with E-state index < -0.39 is 36.0 Å². The van der Waals surface area contributed by atoms with Crippen LogP contribution in [0, 0.1) is 0 Å². The fourth-order valence-corrected chi connectivity index (χ4v) is 4.61. The van der Waals surface area contributed by atoms with Crippen molar-refractivity contribution in [1.82, 2.24) is 15.6 Å². The number of anilines is 1. The van der Waals surface area contributed by atoms with E-state index in [1.54, 1.807) is 17.1 Å².